The molecule has 0 saturated carbocycles. The first-order valence-corrected chi connectivity index (χ1v) is 2.84. The molecule has 0 radical (unpaired) electrons. The molecule has 0 spiro atoms. The molecule has 0 aliphatic heterocycles. The molecule has 0 atom stereocenters. The largest absolute Gasteiger partial charge is 0.285 e. The van der Waals surface area contributed by atoms with Gasteiger partial charge in [-0.25, -0.2) is 0 Å². The van der Waals surface area contributed by atoms with Crippen molar-refractivity contribution >= 4 is 10.8 Å². The molecule has 1 aromatic carbocycles. The topological polar surface area (TPSA) is 47.0 Å². The van der Waals surface area contributed by atoms with Crippen LogP contribution in [0.2, 0.25) is 0 Å². The van der Waals surface area contributed by atoms with E-state index in [4.69, 9.17) is 0 Å². The van der Waals surface area contributed by atoms with E-state index >= 15 is 0 Å². The molecule has 0 amide bonds. The van der Waals surface area contributed by atoms with Gasteiger partial charge in [0.1, 0.15) is 0 Å². The Morgan fingerprint density at radius 2 is 1.80 bits per heavy atom. The minimum atomic E-state index is -0.414. The summed E-state index contributed by atoms with van der Waals surface area (Å²) >= 11 is 0. The molecule has 10 heavy (non-hydrogen) atoms. The van der Waals surface area contributed by atoms with E-state index in [2.05, 4.69) is 4.98 Å². The summed E-state index contributed by atoms with van der Waals surface area (Å²) in [5, 5.41) is 0.951. The number of aromatic nitrogens is 1. The highest BCUT2D eigenvalue weighted by Gasteiger charge is 2.09. The van der Waals surface area contributed by atoms with Gasteiger partial charge in [0, 0.05) is 17.8 Å². The van der Waals surface area contributed by atoms with Crippen LogP contribution in [0.5, 0.6) is 0 Å². The Morgan fingerprint density at radius 3 is 2.50 bits per heavy atom. The van der Waals surface area contributed by atoms with Crippen molar-refractivity contribution in [2.24, 2.45) is 0 Å². The highest BCUT2D eigenvalue weighted by molar-refractivity contribution is 5.86. The van der Waals surface area contributed by atoms with Crippen LogP contribution in [0.1, 0.15) is 0 Å². The van der Waals surface area contributed by atoms with Gasteiger partial charge in [0.25, 0.3) is 0 Å². The second-order valence-corrected chi connectivity index (χ2v) is 2.08. The Labute approximate surface area is 55.6 Å². The fraction of sp³-hybridized carbons (Fsp3) is 0. The molecule has 0 saturated heterocycles. The minimum Gasteiger partial charge on any atom is -0.285 e. The van der Waals surface area contributed by atoms with E-state index in [1.807, 2.05) is 0 Å². The van der Waals surface area contributed by atoms with Crippen LogP contribution in [0.3, 0.4) is 0 Å². The zero-order valence-corrected chi connectivity index (χ0v) is 5.00. The maximum atomic E-state index is 10.7. The molecule has 0 N–H and O–H groups in total. The van der Waals surface area contributed by atoms with Crippen molar-refractivity contribution in [3.05, 3.63) is 38.9 Å². The first kappa shape index (κ1) is 5.29. The van der Waals surface area contributed by atoms with E-state index in [-0.39, 0.29) is 0 Å². The van der Waals surface area contributed by atoms with Gasteiger partial charge in [-0.05, 0) is 6.07 Å². The van der Waals surface area contributed by atoms with Crippen LogP contribution in [0.25, 0.3) is 10.8 Å². The van der Waals surface area contributed by atoms with Gasteiger partial charge in [-0.3, -0.25) is 14.6 Å². The monoisotopic (exact) mass is 133 g/mol. The molecule has 3 heteroatoms. The fourth-order valence-electron chi connectivity index (χ4n) is 0.956. The molecule has 3 nitrogen and oxygen atoms in total. The number of rotatable bonds is 0. The Morgan fingerprint density at radius 1 is 1.10 bits per heavy atom. The highest BCUT2D eigenvalue weighted by atomic mass is 16.2. The molecule has 0 unspecified atom stereocenters. The average molecular weight is 133 g/mol. The van der Waals surface area contributed by atoms with Crippen LogP contribution in [0.15, 0.2) is 28.0 Å². The van der Waals surface area contributed by atoms with Gasteiger partial charge < -0.3 is 0 Å². The molecule has 1 heterocycles. The van der Waals surface area contributed by atoms with E-state index in [1.54, 1.807) is 6.07 Å². The SMILES string of the molecule is O=c1c(=O)c2cnccc12. The van der Waals surface area contributed by atoms with Crippen LogP contribution in [-0.4, -0.2) is 4.98 Å². The van der Waals surface area contributed by atoms with Gasteiger partial charge >= 0.3 is 0 Å². The minimum absolute atomic E-state index is 0.391. The standard InChI is InChI=1S/C7H3NO2/c9-6-4-1-2-8-3-5(4)7(6)10/h1-3H. The van der Waals surface area contributed by atoms with Crippen molar-refractivity contribution in [3.63, 3.8) is 0 Å². The summed E-state index contributed by atoms with van der Waals surface area (Å²) in [5.41, 5.74) is -0.805. The number of nitrogens with zero attached hydrogens (tertiary/aromatic N) is 1. The Kier molecular flexibility index (Phi) is 0.795. The van der Waals surface area contributed by atoms with Gasteiger partial charge in [0.05, 0.1) is 5.39 Å². The molecule has 1 aromatic heterocycles. The third kappa shape index (κ3) is 0.424. The molecule has 2 aromatic rings. The normalized spacial score (nSPS) is 10.8. The molecule has 2 rings (SSSR count). The van der Waals surface area contributed by atoms with Gasteiger partial charge in [-0.1, -0.05) is 0 Å². The maximum Gasteiger partial charge on any atom is 0.235 e. The van der Waals surface area contributed by atoms with Crippen molar-refractivity contribution in [3.8, 4) is 0 Å². The molecule has 0 aliphatic rings. The van der Waals surface area contributed by atoms with Crippen molar-refractivity contribution in [1.82, 2.24) is 4.98 Å². The molecule has 0 bridgehead atoms. The van der Waals surface area contributed by atoms with E-state index in [9.17, 15) is 9.59 Å². The summed E-state index contributed by atoms with van der Waals surface area (Å²) < 4.78 is 0. The van der Waals surface area contributed by atoms with Crippen LogP contribution < -0.4 is 10.9 Å². The lowest BCUT2D eigenvalue weighted by Crippen LogP contribution is -2.30. The van der Waals surface area contributed by atoms with Crippen LogP contribution in [0.4, 0.5) is 0 Å². The summed E-state index contributed by atoms with van der Waals surface area (Å²) in [4.78, 5) is 25.0. The molecule has 0 fully saturated rings. The lowest BCUT2D eigenvalue weighted by atomic mass is 10.1. The predicted octanol–water partition coefficient (Wildman–Crippen LogP) is -0.169. The maximum absolute atomic E-state index is 10.7. The van der Waals surface area contributed by atoms with E-state index in [1.165, 1.54) is 12.4 Å². The highest BCUT2D eigenvalue weighted by Crippen LogP contribution is 2.01. The Balaban J connectivity index is 3.09. The zero-order valence-electron chi connectivity index (χ0n) is 5.00. The van der Waals surface area contributed by atoms with Crippen LogP contribution >= 0.6 is 0 Å². The smallest absolute Gasteiger partial charge is 0.235 e. The van der Waals surface area contributed by atoms with Crippen LogP contribution in [0, 0.1) is 0 Å². The summed E-state index contributed by atoms with van der Waals surface area (Å²) in [7, 11) is 0. The second kappa shape index (κ2) is 1.50. The van der Waals surface area contributed by atoms with Crippen molar-refractivity contribution < 1.29 is 0 Å². The number of fused-ring (bicyclic) bond motifs is 1. The molecule has 48 valence electrons. The van der Waals surface area contributed by atoms with E-state index < -0.39 is 10.9 Å². The van der Waals surface area contributed by atoms with E-state index in [0.29, 0.717) is 10.8 Å². The number of pyridine rings is 1. The molecule has 0 aliphatic carbocycles. The van der Waals surface area contributed by atoms with Gasteiger partial charge in [-0.2, -0.15) is 0 Å². The quantitative estimate of drug-likeness (QED) is 0.469. The third-order valence-electron chi connectivity index (χ3n) is 1.52. The number of hydrogen-bond acceptors (Lipinski definition) is 3. The van der Waals surface area contributed by atoms with Gasteiger partial charge in [-0.15, -0.1) is 0 Å². The summed E-state index contributed by atoms with van der Waals surface area (Å²) in [6.07, 6.45) is 2.92. The first-order valence-electron chi connectivity index (χ1n) is 2.84. The van der Waals surface area contributed by atoms with Gasteiger partial charge in [0.15, 0.2) is 0 Å². The predicted molar refractivity (Wildman–Crippen MR) is 36.7 cm³/mol. The molecular formula is C7H3NO2. The summed E-state index contributed by atoms with van der Waals surface area (Å²) in [6.45, 7) is 0. The van der Waals surface area contributed by atoms with Crippen LogP contribution in [-0.2, 0) is 0 Å². The summed E-state index contributed by atoms with van der Waals surface area (Å²) in [6, 6.07) is 1.55. The lowest BCUT2D eigenvalue weighted by Gasteiger charge is -1.93. The lowest BCUT2D eigenvalue weighted by molar-refractivity contribution is 1.34. The Hall–Kier alpha value is -1.51. The first-order chi connectivity index (χ1) is 4.80. The second-order valence-electron chi connectivity index (χ2n) is 2.08. The number of hydrogen-bond donors (Lipinski definition) is 0. The van der Waals surface area contributed by atoms with Crippen molar-refractivity contribution in [1.29, 1.82) is 0 Å². The Bertz CT molecular complexity index is 408. The van der Waals surface area contributed by atoms with Gasteiger partial charge in [0.2, 0.25) is 10.9 Å². The molecular weight excluding hydrogens is 130 g/mol. The zero-order chi connectivity index (χ0) is 7.14. The van der Waals surface area contributed by atoms with Crippen molar-refractivity contribution in [2.75, 3.05) is 0 Å². The third-order valence-corrected chi connectivity index (χ3v) is 1.52. The van der Waals surface area contributed by atoms with E-state index in [0.717, 1.165) is 0 Å². The summed E-state index contributed by atoms with van der Waals surface area (Å²) in [5.74, 6) is 0. The average Bonchev–Trinajstić information content (AvgIpc) is 2.03. The fourth-order valence-corrected chi connectivity index (χ4v) is 0.956. The van der Waals surface area contributed by atoms with Crippen molar-refractivity contribution in [2.45, 2.75) is 0 Å².